The van der Waals surface area contributed by atoms with Crippen molar-refractivity contribution in [1.29, 1.82) is 0 Å². The van der Waals surface area contributed by atoms with Crippen LogP contribution in [0.1, 0.15) is 17.5 Å². The lowest BCUT2D eigenvalue weighted by atomic mass is 10.2. The van der Waals surface area contributed by atoms with E-state index in [1.54, 1.807) is 0 Å². The van der Waals surface area contributed by atoms with Gasteiger partial charge in [0, 0.05) is 19.3 Å². The van der Waals surface area contributed by atoms with Crippen LogP contribution in [0, 0.1) is 0 Å². The van der Waals surface area contributed by atoms with Crippen LogP contribution < -0.4 is 5.11 Å². The number of esters is 1. The molecule has 0 aromatic rings. The third-order valence-electron chi connectivity index (χ3n) is 1.03. The summed E-state index contributed by atoms with van der Waals surface area (Å²) in [6.07, 6.45) is -3.56. The van der Waals surface area contributed by atoms with E-state index in [-0.39, 0.29) is 0 Å². The molecule has 5 nitrogen and oxygen atoms in total. The second-order valence-electron chi connectivity index (χ2n) is 3.69. The summed E-state index contributed by atoms with van der Waals surface area (Å²) in [5.74, 6) is -2.57. The summed E-state index contributed by atoms with van der Waals surface area (Å²) in [6.45, 7) is -1.41. The molecule has 0 aromatic heterocycles. The Morgan fingerprint density at radius 1 is 1.57 bits per heavy atom. The van der Waals surface area contributed by atoms with Crippen LogP contribution in [0.2, 0.25) is 0 Å². The van der Waals surface area contributed by atoms with E-state index in [1.165, 1.54) is 21.1 Å². The number of ether oxygens (including phenoxy) is 1. The highest BCUT2D eigenvalue weighted by Crippen LogP contribution is 2.04. The highest BCUT2D eigenvalue weighted by molar-refractivity contribution is 5.68. The second-order valence-corrected chi connectivity index (χ2v) is 3.69. The first-order valence-electron chi connectivity index (χ1n) is 5.54. The molecule has 0 aromatic carbocycles. The molecule has 0 saturated heterocycles. The van der Waals surface area contributed by atoms with Crippen molar-refractivity contribution in [3.63, 3.8) is 0 Å². The van der Waals surface area contributed by atoms with Crippen molar-refractivity contribution < 1.29 is 28.0 Å². The van der Waals surface area contributed by atoms with Crippen molar-refractivity contribution in [1.82, 2.24) is 0 Å². The van der Waals surface area contributed by atoms with Gasteiger partial charge >= 0.3 is 5.97 Å². The third kappa shape index (κ3) is 7.54. The summed E-state index contributed by atoms with van der Waals surface area (Å²) in [6, 6.07) is 0. The fourth-order valence-electron chi connectivity index (χ4n) is 0.777. The number of carbonyl (C=O) groups excluding carboxylic acids is 2. The van der Waals surface area contributed by atoms with Gasteiger partial charge in [-0.25, -0.2) is 0 Å². The van der Waals surface area contributed by atoms with Gasteiger partial charge in [-0.15, -0.1) is 0 Å². The molecule has 0 bridgehead atoms. The lowest BCUT2D eigenvalue weighted by molar-refractivity contribution is -0.873. The van der Waals surface area contributed by atoms with Crippen LogP contribution >= 0.6 is 0 Å². The number of hydrogen-bond acceptors (Lipinski definition) is 4. The monoisotopic (exact) mass is 206 g/mol. The van der Waals surface area contributed by atoms with Crippen molar-refractivity contribution in [2.24, 2.45) is 0 Å². The van der Waals surface area contributed by atoms with Gasteiger partial charge in [0.15, 0.2) is 6.08 Å². The molecule has 0 rings (SSSR count). The van der Waals surface area contributed by atoms with Crippen LogP contribution in [0.25, 0.3) is 0 Å². The number of aliphatic carboxylic acids is 1. The maximum Gasteiger partial charge on any atom is 0.303 e. The minimum absolute atomic E-state index is 0.392. The van der Waals surface area contributed by atoms with Crippen LogP contribution in [0.15, 0.2) is 0 Å². The van der Waals surface area contributed by atoms with E-state index in [2.05, 4.69) is 4.74 Å². The fraction of sp³-hybridized carbons (Fsp3) is 0.778. The van der Waals surface area contributed by atoms with Crippen molar-refractivity contribution in [2.45, 2.75) is 19.4 Å². The van der Waals surface area contributed by atoms with Crippen molar-refractivity contribution in [3.8, 4) is 0 Å². The van der Waals surface area contributed by atoms with Crippen LogP contribution in [0.5, 0.6) is 0 Å². The van der Waals surface area contributed by atoms with Crippen LogP contribution in [0.3, 0.4) is 0 Å². The zero-order valence-corrected chi connectivity index (χ0v) is 8.79. The second kappa shape index (κ2) is 4.95. The molecule has 0 heterocycles. The zero-order valence-electron chi connectivity index (χ0n) is 11.8. The summed E-state index contributed by atoms with van der Waals surface area (Å²) in [5.41, 5.74) is 0. The maximum atomic E-state index is 10.9. The summed E-state index contributed by atoms with van der Waals surface area (Å²) in [4.78, 5) is 21.5. The minimum Gasteiger partial charge on any atom is -0.550 e. The Labute approximate surface area is 88.1 Å². The Hall–Kier alpha value is -1.10. The number of carboxylic acids is 1. The van der Waals surface area contributed by atoms with E-state index in [9.17, 15) is 14.7 Å². The minimum atomic E-state index is -2.53. The predicted octanol–water partition coefficient (Wildman–Crippen LogP) is -1.24. The van der Waals surface area contributed by atoms with E-state index >= 15 is 0 Å². The molecule has 5 heteroatoms. The molecule has 0 saturated carbocycles. The zero-order chi connectivity index (χ0) is 14.1. The van der Waals surface area contributed by atoms with Gasteiger partial charge in [0.05, 0.1) is 25.3 Å². The summed E-state index contributed by atoms with van der Waals surface area (Å²) >= 11 is 0. The molecule has 82 valence electrons. The molecule has 0 N–H and O–H groups in total. The highest BCUT2D eigenvalue weighted by Gasteiger charge is 2.20. The van der Waals surface area contributed by atoms with E-state index in [0.717, 1.165) is 6.92 Å². The topological polar surface area (TPSA) is 66.4 Å². The van der Waals surface area contributed by atoms with Crippen molar-refractivity contribution in [3.05, 3.63) is 0 Å². The SMILES string of the molecule is [2H]C([2H])([C@]([2H])(CC(=O)[O-])OC(C)=O)[N+](C)(C)C. The molecule has 0 aliphatic carbocycles. The van der Waals surface area contributed by atoms with Crippen LogP contribution in [-0.4, -0.2) is 50.1 Å². The largest absolute Gasteiger partial charge is 0.550 e. The first-order valence-corrected chi connectivity index (χ1v) is 4.04. The van der Waals surface area contributed by atoms with E-state index in [1.807, 2.05) is 0 Å². The predicted molar refractivity (Wildman–Crippen MR) is 48.1 cm³/mol. The van der Waals surface area contributed by atoms with Gasteiger partial charge in [-0.1, -0.05) is 0 Å². The quantitative estimate of drug-likeness (QED) is 0.417. The first kappa shape index (κ1) is 8.23. The van der Waals surface area contributed by atoms with Gasteiger partial charge in [-0.3, -0.25) is 4.79 Å². The van der Waals surface area contributed by atoms with Gasteiger partial charge in [0.2, 0.25) is 0 Å². The van der Waals surface area contributed by atoms with E-state index in [4.69, 9.17) is 4.11 Å². The number of quaternary nitrogens is 1. The average Bonchev–Trinajstić information content (AvgIpc) is 1.97. The third-order valence-corrected chi connectivity index (χ3v) is 1.03. The molecule has 0 unspecified atom stereocenters. The Balaban J connectivity index is 5.45. The molecule has 1 atom stereocenters. The van der Waals surface area contributed by atoms with Gasteiger partial charge < -0.3 is 19.1 Å². The van der Waals surface area contributed by atoms with Gasteiger partial charge in [-0.05, 0) is 0 Å². The maximum absolute atomic E-state index is 10.9. The molecular formula is C9H17NO4. The first-order chi connectivity index (χ1) is 7.33. The molecule has 0 fully saturated rings. The highest BCUT2D eigenvalue weighted by atomic mass is 16.5. The van der Waals surface area contributed by atoms with Gasteiger partial charge in [0.1, 0.15) is 6.50 Å². The molecule has 0 aliphatic rings. The lowest BCUT2D eigenvalue weighted by Gasteiger charge is -2.28. The van der Waals surface area contributed by atoms with Crippen LogP contribution in [0.4, 0.5) is 0 Å². The summed E-state index contributed by atoms with van der Waals surface area (Å²) in [7, 11) is 4.30. The molecular weight excluding hydrogens is 186 g/mol. The van der Waals surface area contributed by atoms with Crippen molar-refractivity contribution >= 4 is 11.9 Å². The Morgan fingerprint density at radius 3 is 2.36 bits per heavy atom. The van der Waals surface area contributed by atoms with E-state index in [0.29, 0.717) is 0 Å². The number of nitrogens with zero attached hydrogens (tertiary/aromatic N) is 1. The Kier molecular flexibility index (Phi) is 2.91. The normalized spacial score (nSPS) is 19.9. The Bertz CT molecular complexity index is 309. The summed E-state index contributed by atoms with van der Waals surface area (Å²) < 4.78 is 27.6. The number of likely N-dealkylation sites (N-methyl/N-ethyl adjacent to an activating group) is 1. The number of hydrogen-bond donors (Lipinski definition) is 0. The lowest BCUT2D eigenvalue weighted by Crippen LogP contribution is -2.45. The molecule has 14 heavy (non-hydrogen) atoms. The van der Waals surface area contributed by atoms with Crippen LogP contribution in [-0.2, 0) is 14.3 Å². The summed E-state index contributed by atoms with van der Waals surface area (Å²) in [5, 5.41) is 10.6. The molecule has 0 radical (unpaired) electrons. The molecule has 0 aliphatic heterocycles. The fourth-order valence-corrected chi connectivity index (χ4v) is 0.777. The van der Waals surface area contributed by atoms with Gasteiger partial charge in [-0.2, -0.15) is 0 Å². The standard InChI is InChI=1S/C9H17NO4/c1-7(11)14-8(5-9(12)13)6-10(2,3)4/h8H,5-6H2,1-4H3/t8-/m0/s1/i6D2,8D. The average molecular weight is 206 g/mol. The molecule has 0 amide bonds. The number of rotatable bonds is 5. The number of carboxylic acid groups (broad SMARTS) is 1. The molecule has 0 spiro atoms. The smallest absolute Gasteiger partial charge is 0.303 e. The number of carbonyl (C=O) groups is 2. The Morgan fingerprint density at radius 2 is 2.07 bits per heavy atom. The van der Waals surface area contributed by atoms with Gasteiger partial charge in [0.25, 0.3) is 0 Å². The van der Waals surface area contributed by atoms with E-state index < -0.39 is 35.4 Å². The van der Waals surface area contributed by atoms with Crippen molar-refractivity contribution in [2.75, 3.05) is 27.6 Å².